The Balaban J connectivity index is 1.75. The van der Waals surface area contributed by atoms with Crippen molar-refractivity contribution in [2.75, 3.05) is 18.0 Å². The van der Waals surface area contributed by atoms with Crippen molar-refractivity contribution in [2.24, 2.45) is 7.05 Å². The lowest BCUT2D eigenvalue weighted by molar-refractivity contribution is 0.0257. The normalized spacial score (nSPS) is 20.2. The van der Waals surface area contributed by atoms with Crippen molar-refractivity contribution in [1.82, 2.24) is 14.8 Å². The zero-order chi connectivity index (χ0) is 14.6. The summed E-state index contributed by atoms with van der Waals surface area (Å²) in [7, 11) is 1.93. The van der Waals surface area contributed by atoms with Crippen LogP contribution in [0.1, 0.15) is 24.1 Å². The van der Waals surface area contributed by atoms with Gasteiger partial charge >= 0.3 is 0 Å². The molecule has 0 radical (unpaired) electrons. The van der Waals surface area contributed by atoms with E-state index in [1.165, 1.54) is 16.9 Å². The number of nitrogens with zero attached hydrogens (tertiary/aromatic N) is 4. The summed E-state index contributed by atoms with van der Waals surface area (Å²) < 4.78 is 28.7. The van der Waals surface area contributed by atoms with Gasteiger partial charge in [0.15, 0.2) is 5.13 Å². The van der Waals surface area contributed by atoms with Gasteiger partial charge in [0.1, 0.15) is 0 Å². The van der Waals surface area contributed by atoms with E-state index in [4.69, 9.17) is 0 Å². The van der Waals surface area contributed by atoms with Gasteiger partial charge in [-0.1, -0.05) is 11.3 Å². The highest BCUT2D eigenvalue weighted by atomic mass is 32.1. The summed E-state index contributed by atoms with van der Waals surface area (Å²) in [5.41, 5.74) is 3.38. The second-order valence-corrected chi connectivity index (χ2v) is 6.77. The smallest absolute Gasteiger partial charge is 0.267 e. The van der Waals surface area contributed by atoms with E-state index < -0.39 is 5.92 Å². The molecule has 7 heteroatoms. The molecule has 0 amide bonds. The number of halogens is 2. The number of alkyl halides is 2. The van der Waals surface area contributed by atoms with Gasteiger partial charge in [-0.3, -0.25) is 4.68 Å². The quantitative estimate of drug-likeness (QED) is 0.812. The van der Waals surface area contributed by atoms with E-state index in [1.807, 2.05) is 17.9 Å². The van der Waals surface area contributed by atoms with Crippen LogP contribution in [0.4, 0.5) is 13.9 Å². The SMILES string of the molecule is Cn1ncc2c1-c1sc(N3CCC(F)(F)C3)nc1CCC2. The second kappa shape index (κ2) is 4.50. The van der Waals surface area contributed by atoms with E-state index in [1.54, 1.807) is 4.90 Å². The first-order valence-corrected chi connectivity index (χ1v) is 7.99. The first-order chi connectivity index (χ1) is 10.0. The zero-order valence-corrected chi connectivity index (χ0v) is 12.6. The third kappa shape index (κ3) is 2.14. The highest BCUT2D eigenvalue weighted by Crippen LogP contribution is 2.41. The first kappa shape index (κ1) is 13.2. The molecule has 4 nitrogen and oxygen atoms in total. The molecule has 0 N–H and O–H groups in total. The summed E-state index contributed by atoms with van der Waals surface area (Å²) in [5.74, 6) is -2.58. The number of rotatable bonds is 1. The number of fused-ring (bicyclic) bond motifs is 3. The lowest BCUT2D eigenvalue weighted by Crippen LogP contribution is -2.24. The molecule has 1 aliphatic carbocycles. The Kier molecular flexibility index (Phi) is 2.82. The van der Waals surface area contributed by atoms with Gasteiger partial charge in [-0.25, -0.2) is 13.8 Å². The van der Waals surface area contributed by atoms with E-state index in [-0.39, 0.29) is 13.0 Å². The van der Waals surface area contributed by atoms with Gasteiger partial charge in [0.2, 0.25) is 0 Å². The van der Waals surface area contributed by atoms with Crippen molar-refractivity contribution in [3.63, 3.8) is 0 Å². The Morgan fingerprint density at radius 1 is 1.33 bits per heavy atom. The van der Waals surface area contributed by atoms with Crippen LogP contribution < -0.4 is 4.90 Å². The van der Waals surface area contributed by atoms with E-state index >= 15 is 0 Å². The standard InChI is InChI=1S/C14H16F2N4S/c1-19-11-9(7-17-19)3-2-4-10-12(11)21-13(18-10)20-6-5-14(15,16)8-20/h7H,2-6,8H2,1H3. The van der Waals surface area contributed by atoms with E-state index in [2.05, 4.69) is 10.1 Å². The molecule has 1 saturated heterocycles. The molecule has 0 saturated carbocycles. The van der Waals surface area contributed by atoms with Crippen molar-refractivity contribution in [3.05, 3.63) is 17.5 Å². The zero-order valence-electron chi connectivity index (χ0n) is 11.8. The second-order valence-electron chi connectivity index (χ2n) is 5.80. The summed E-state index contributed by atoms with van der Waals surface area (Å²) in [6, 6.07) is 0. The Bertz CT molecular complexity index is 691. The molecule has 2 aliphatic rings. The van der Waals surface area contributed by atoms with Crippen molar-refractivity contribution in [1.29, 1.82) is 0 Å². The van der Waals surface area contributed by atoms with Gasteiger partial charge in [0, 0.05) is 20.0 Å². The lowest BCUT2D eigenvalue weighted by Gasteiger charge is -2.14. The molecule has 3 heterocycles. The number of thiazole rings is 1. The molecule has 1 fully saturated rings. The predicted octanol–water partition coefficient (Wildman–Crippen LogP) is 2.88. The fourth-order valence-electron chi connectivity index (χ4n) is 3.13. The van der Waals surface area contributed by atoms with E-state index in [0.717, 1.165) is 40.7 Å². The van der Waals surface area contributed by atoms with Crippen molar-refractivity contribution >= 4 is 16.5 Å². The predicted molar refractivity (Wildman–Crippen MR) is 78.1 cm³/mol. The van der Waals surface area contributed by atoms with Crippen molar-refractivity contribution in [2.45, 2.75) is 31.6 Å². The highest BCUT2D eigenvalue weighted by Gasteiger charge is 2.39. The highest BCUT2D eigenvalue weighted by molar-refractivity contribution is 7.19. The molecule has 21 heavy (non-hydrogen) atoms. The van der Waals surface area contributed by atoms with Crippen LogP contribution in [0.25, 0.3) is 10.6 Å². The molecule has 0 bridgehead atoms. The van der Waals surface area contributed by atoms with Crippen LogP contribution in [-0.2, 0) is 19.9 Å². The molecule has 1 aliphatic heterocycles. The summed E-state index contributed by atoms with van der Waals surface area (Å²) in [4.78, 5) is 7.47. The minimum absolute atomic E-state index is 0.0752. The van der Waals surface area contributed by atoms with Gasteiger partial charge in [-0.15, -0.1) is 0 Å². The topological polar surface area (TPSA) is 34.0 Å². The number of anilines is 1. The average Bonchev–Trinajstić information content (AvgIpc) is 3.06. The number of hydrogen-bond donors (Lipinski definition) is 0. The van der Waals surface area contributed by atoms with Gasteiger partial charge in [0.05, 0.1) is 29.0 Å². The monoisotopic (exact) mass is 310 g/mol. The number of aromatic nitrogens is 3. The van der Waals surface area contributed by atoms with Crippen molar-refractivity contribution in [3.8, 4) is 10.6 Å². The van der Waals surface area contributed by atoms with Crippen molar-refractivity contribution < 1.29 is 8.78 Å². The lowest BCUT2D eigenvalue weighted by atomic mass is 10.1. The minimum atomic E-state index is -2.58. The molecule has 2 aromatic rings. The summed E-state index contributed by atoms with van der Waals surface area (Å²) in [5, 5.41) is 5.06. The Labute approximate surface area is 125 Å². The van der Waals surface area contributed by atoms with Crippen LogP contribution in [0, 0.1) is 0 Å². The van der Waals surface area contributed by atoms with Crippen LogP contribution >= 0.6 is 11.3 Å². The fourth-order valence-corrected chi connectivity index (χ4v) is 4.38. The molecule has 0 unspecified atom stereocenters. The van der Waals surface area contributed by atoms with Gasteiger partial charge in [-0.2, -0.15) is 5.10 Å². The average molecular weight is 310 g/mol. The van der Waals surface area contributed by atoms with Gasteiger partial charge in [0.25, 0.3) is 5.92 Å². The maximum Gasteiger partial charge on any atom is 0.267 e. The molecule has 4 rings (SSSR count). The Morgan fingerprint density at radius 3 is 2.95 bits per heavy atom. The Morgan fingerprint density at radius 2 is 2.19 bits per heavy atom. The molecule has 112 valence electrons. The van der Waals surface area contributed by atoms with Crippen LogP contribution in [-0.4, -0.2) is 33.8 Å². The van der Waals surface area contributed by atoms with Crippen LogP contribution in [0.5, 0.6) is 0 Å². The molecule has 2 aromatic heterocycles. The van der Waals surface area contributed by atoms with E-state index in [0.29, 0.717) is 6.54 Å². The van der Waals surface area contributed by atoms with Crippen LogP contribution in [0.15, 0.2) is 6.20 Å². The van der Waals surface area contributed by atoms with Gasteiger partial charge < -0.3 is 4.90 Å². The summed E-state index contributed by atoms with van der Waals surface area (Å²) in [6.07, 6.45) is 4.78. The molecule has 0 atom stereocenters. The molecule has 0 aromatic carbocycles. The van der Waals surface area contributed by atoms with Gasteiger partial charge in [-0.05, 0) is 24.8 Å². The minimum Gasteiger partial charge on any atom is -0.342 e. The largest absolute Gasteiger partial charge is 0.342 e. The molecule has 0 spiro atoms. The maximum atomic E-state index is 13.4. The fraction of sp³-hybridized carbons (Fsp3) is 0.571. The third-order valence-corrected chi connectivity index (χ3v) is 5.38. The number of hydrogen-bond acceptors (Lipinski definition) is 4. The molecular weight excluding hydrogens is 294 g/mol. The van der Waals surface area contributed by atoms with Crippen LogP contribution in [0.3, 0.4) is 0 Å². The third-order valence-electron chi connectivity index (χ3n) is 4.22. The number of aryl methyl sites for hydroxylation is 3. The Hall–Kier alpha value is -1.50. The summed E-state index contributed by atoms with van der Waals surface area (Å²) >= 11 is 1.53. The first-order valence-electron chi connectivity index (χ1n) is 7.17. The van der Waals surface area contributed by atoms with E-state index in [9.17, 15) is 8.78 Å². The molecular formula is C14H16F2N4S. The summed E-state index contributed by atoms with van der Waals surface area (Å²) in [6.45, 7) is 0.176. The maximum absolute atomic E-state index is 13.4. The van der Waals surface area contributed by atoms with Crippen LogP contribution in [0.2, 0.25) is 0 Å².